The molecule has 0 amide bonds. The summed E-state index contributed by atoms with van der Waals surface area (Å²) in [6.07, 6.45) is 5.89. The van der Waals surface area contributed by atoms with Crippen LogP contribution in [0.1, 0.15) is 31.2 Å². The molecule has 0 saturated heterocycles. The fourth-order valence-electron chi connectivity index (χ4n) is 0.956. The van der Waals surface area contributed by atoms with Gasteiger partial charge in [-0.15, -0.1) is 15.2 Å². The summed E-state index contributed by atoms with van der Waals surface area (Å²) in [5, 5.41) is 8.98. The van der Waals surface area contributed by atoms with Crippen molar-refractivity contribution in [2.75, 3.05) is 0 Å². The monoisotopic (exact) mass is 197 g/mol. The molecule has 0 aliphatic heterocycles. The van der Waals surface area contributed by atoms with E-state index in [9.17, 15) is 4.79 Å². The molecule has 0 atom stereocenters. The van der Waals surface area contributed by atoms with E-state index in [1.807, 2.05) is 0 Å². The van der Waals surface area contributed by atoms with Gasteiger partial charge in [-0.3, -0.25) is 0 Å². The SMILES string of the molecule is CCCCCc1nnc(N=C=O)s1. The third-order valence-corrected chi connectivity index (χ3v) is 2.47. The van der Waals surface area contributed by atoms with Crippen LogP contribution >= 0.6 is 11.3 Å². The number of aromatic nitrogens is 2. The molecular weight excluding hydrogens is 186 g/mol. The molecule has 0 aliphatic carbocycles. The molecule has 0 saturated carbocycles. The van der Waals surface area contributed by atoms with Crippen LogP contribution < -0.4 is 0 Å². The normalized spacial score (nSPS) is 9.62. The van der Waals surface area contributed by atoms with Crippen molar-refractivity contribution in [1.82, 2.24) is 10.2 Å². The van der Waals surface area contributed by atoms with Crippen LogP contribution in [0.5, 0.6) is 0 Å². The lowest BCUT2D eigenvalue weighted by molar-refractivity contribution is 0.565. The quantitative estimate of drug-likeness (QED) is 0.413. The predicted octanol–water partition coefficient (Wildman–Crippen LogP) is 2.24. The second kappa shape index (κ2) is 5.56. The van der Waals surface area contributed by atoms with E-state index < -0.39 is 0 Å². The summed E-state index contributed by atoms with van der Waals surface area (Å²) >= 11 is 1.36. The van der Waals surface area contributed by atoms with Gasteiger partial charge in [0.2, 0.25) is 11.2 Å². The molecule has 0 radical (unpaired) electrons. The molecule has 4 nitrogen and oxygen atoms in total. The minimum absolute atomic E-state index is 0.404. The highest BCUT2D eigenvalue weighted by molar-refractivity contribution is 7.14. The van der Waals surface area contributed by atoms with Crippen molar-refractivity contribution in [3.05, 3.63) is 5.01 Å². The maximum atomic E-state index is 9.89. The Hall–Kier alpha value is -1.06. The molecule has 0 bridgehead atoms. The second-order valence-corrected chi connectivity index (χ2v) is 3.68. The first-order valence-electron chi connectivity index (χ1n) is 4.27. The number of rotatable bonds is 5. The van der Waals surface area contributed by atoms with Gasteiger partial charge in [0.15, 0.2) is 0 Å². The van der Waals surface area contributed by atoms with Gasteiger partial charge >= 0.3 is 0 Å². The standard InChI is InChI=1S/C8H11N3OS/c1-2-3-4-5-7-10-11-8(13-7)9-6-12/h2-5H2,1H3. The number of hydrogen-bond acceptors (Lipinski definition) is 5. The highest BCUT2D eigenvalue weighted by Crippen LogP contribution is 2.19. The molecule has 0 unspecified atom stereocenters. The van der Waals surface area contributed by atoms with Gasteiger partial charge in [0.1, 0.15) is 5.01 Å². The van der Waals surface area contributed by atoms with Gasteiger partial charge in [-0.2, -0.15) is 0 Å². The number of unbranched alkanes of at least 4 members (excludes halogenated alkanes) is 2. The van der Waals surface area contributed by atoms with Gasteiger partial charge < -0.3 is 0 Å². The second-order valence-electron chi connectivity index (χ2n) is 2.64. The van der Waals surface area contributed by atoms with E-state index >= 15 is 0 Å². The van der Waals surface area contributed by atoms with Crippen LogP contribution in [0.2, 0.25) is 0 Å². The van der Waals surface area contributed by atoms with Crippen LogP contribution in [0.25, 0.3) is 0 Å². The summed E-state index contributed by atoms with van der Waals surface area (Å²) in [7, 11) is 0. The molecule has 13 heavy (non-hydrogen) atoms. The molecule has 1 rings (SSSR count). The molecular formula is C8H11N3OS. The Morgan fingerprint density at radius 2 is 2.31 bits per heavy atom. The van der Waals surface area contributed by atoms with Crippen LogP contribution in [0, 0.1) is 0 Å². The lowest BCUT2D eigenvalue weighted by atomic mass is 10.2. The molecule has 0 fully saturated rings. The molecule has 70 valence electrons. The van der Waals surface area contributed by atoms with E-state index in [-0.39, 0.29) is 0 Å². The zero-order chi connectivity index (χ0) is 9.52. The number of aryl methyl sites for hydroxylation is 1. The molecule has 1 heterocycles. The first-order chi connectivity index (χ1) is 6.36. The van der Waals surface area contributed by atoms with Crippen LogP contribution in [-0.4, -0.2) is 16.3 Å². The highest BCUT2D eigenvalue weighted by atomic mass is 32.1. The summed E-state index contributed by atoms with van der Waals surface area (Å²) in [6, 6.07) is 0. The number of isocyanates is 1. The van der Waals surface area contributed by atoms with E-state index in [0.717, 1.165) is 17.8 Å². The lowest BCUT2D eigenvalue weighted by Gasteiger charge is -1.91. The zero-order valence-corrected chi connectivity index (χ0v) is 8.30. The summed E-state index contributed by atoms with van der Waals surface area (Å²) < 4.78 is 0. The predicted molar refractivity (Wildman–Crippen MR) is 50.9 cm³/mol. The van der Waals surface area contributed by atoms with Gasteiger partial charge in [0.05, 0.1) is 0 Å². The average Bonchev–Trinajstić information content (AvgIpc) is 2.54. The number of aliphatic imine (C=N–C) groups is 1. The Labute approximate surface area is 80.7 Å². The van der Waals surface area contributed by atoms with Crippen molar-refractivity contribution >= 4 is 22.5 Å². The van der Waals surface area contributed by atoms with Crippen molar-refractivity contribution in [3.8, 4) is 0 Å². The Morgan fingerprint density at radius 3 is 3.00 bits per heavy atom. The molecule has 0 spiro atoms. The van der Waals surface area contributed by atoms with Gasteiger partial charge in [-0.05, 0) is 6.42 Å². The number of hydrogen-bond donors (Lipinski definition) is 0. The summed E-state index contributed by atoms with van der Waals surface area (Å²) in [5.41, 5.74) is 0. The highest BCUT2D eigenvalue weighted by Gasteiger charge is 2.01. The van der Waals surface area contributed by atoms with Crippen molar-refractivity contribution in [2.24, 2.45) is 4.99 Å². The van der Waals surface area contributed by atoms with Gasteiger partial charge in [-0.25, -0.2) is 4.79 Å². The first-order valence-corrected chi connectivity index (χ1v) is 5.08. The first kappa shape index (κ1) is 10.0. The van der Waals surface area contributed by atoms with E-state index in [1.54, 1.807) is 0 Å². The molecule has 1 aromatic rings. The molecule has 5 heteroatoms. The van der Waals surface area contributed by atoms with Crippen LogP contribution in [0.4, 0.5) is 5.13 Å². The Bertz CT molecular complexity index is 304. The van der Waals surface area contributed by atoms with Crippen LogP contribution in [0.15, 0.2) is 4.99 Å². The topological polar surface area (TPSA) is 55.2 Å². The zero-order valence-electron chi connectivity index (χ0n) is 7.49. The van der Waals surface area contributed by atoms with Crippen molar-refractivity contribution < 1.29 is 4.79 Å². The van der Waals surface area contributed by atoms with Crippen molar-refractivity contribution in [1.29, 1.82) is 0 Å². The van der Waals surface area contributed by atoms with Crippen molar-refractivity contribution in [3.63, 3.8) is 0 Å². The van der Waals surface area contributed by atoms with Crippen LogP contribution in [-0.2, 0) is 11.2 Å². The molecule has 0 N–H and O–H groups in total. The van der Waals surface area contributed by atoms with E-state index in [2.05, 4.69) is 22.1 Å². The molecule has 1 aromatic heterocycles. The molecule has 0 aromatic carbocycles. The van der Waals surface area contributed by atoms with Gasteiger partial charge in [-0.1, -0.05) is 31.1 Å². The summed E-state index contributed by atoms with van der Waals surface area (Å²) in [6.45, 7) is 2.15. The van der Waals surface area contributed by atoms with E-state index in [4.69, 9.17) is 0 Å². The van der Waals surface area contributed by atoms with E-state index in [1.165, 1.54) is 30.3 Å². The van der Waals surface area contributed by atoms with Crippen LogP contribution in [0.3, 0.4) is 0 Å². The Kier molecular flexibility index (Phi) is 4.29. The minimum atomic E-state index is 0.404. The smallest absolute Gasteiger partial charge is 0.211 e. The lowest BCUT2D eigenvalue weighted by Crippen LogP contribution is -1.83. The average molecular weight is 197 g/mol. The maximum absolute atomic E-state index is 9.89. The summed E-state index contributed by atoms with van der Waals surface area (Å²) in [5.74, 6) is 0. The van der Waals surface area contributed by atoms with Gasteiger partial charge in [0.25, 0.3) is 0 Å². The third kappa shape index (κ3) is 3.44. The Balaban J connectivity index is 2.44. The Morgan fingerprint density at radius 1 is 1.46 bits per heavy atom. The number of carbonyl (C=O) groups excluding carboxylic acids is 1. The summed E-state index contributed by atoms with van der Waals surface area (Å²) in [4.78, 5) is 13.3. The van der Waals surface area contributed by atoms with E-state index in [0.29, 0.717) is 5.13 Å². The maximum Gasteiger partial charge on any atom is 0.242 e. The minimum Gasteiger partial charge on any atom is -0.211 e. The number of nitrogens with zero attached hydrogens (tertiary/aromatic N) is 3. The van der Waals surface area contributed by atoms with Crippen molar-refractivity contribution in [2.45, 2.75) is 32.6 Å². The fraction of sp³-hybridized carbons (Fsp3) is 0.625. The molecule has 0 aliphatic rings. The largest absolute Gasteiger partial charge is 0.242 e. The third-order valence-electron chi connectivity index (χ3n) is 1.59. The van der Waals surface area contributed by atoms with Gasteiger partial charge in [0, 0.05) is 6.42 Å². The fourth-order valence-corrected chi connectivity index (χ4v) is 1.66.